The van der Waals surface area contributed by atoms with Gasteiger partial charge in [-0.05, 0) is 50.4 Å². The lowest BCUT2D eigenvalue weighted by Crippen LogP contribution is -2.31. The Morgan fingerprint density at radius 2 is 1.87 bits per heavy atom. The molecule has 0 heteroatoms. The normalized spacial score (nSPS) is 36.9. The van der Waals surface area contributed by atoms with Gasteiger partial charge in [-0.1, -0.05) is 38.2 Å². The zero-order valence-corrected chi connectivity index (χ0v) is 10.3. The molecule has 0 aliphatic heterocycles. The molecule has 15 heavy (non-hydrogen) atoms. The van der Waals surface area contributed by atoms with E-state index in [1.165, 1.54) is 49.7 Å². The van der Waals surface area contributed by atoms with Gasteiger partial charge < -0.3 is 0 Å². The van der Waals surface area contributed by atoms with Crippen molar-refractivity contribution in [2.75, 3.05) is 0 Å². The van der Waals surface area contributed by atoms with Crippen molar-refractivity contribution in [1.82, 2.24) is 0 Å². The molecule has 2 aliphatic carbocycles. The highest BCUT2D eigenvalue weighted by molar-refractivity contribution is 5.31. The van der Waals surface area contributed by atoms with Crippen LogP contribution in [0.5, 0.6) is 0 Å². The lowest BCUT2D eigenvalue weighted by atomic mass is 9.62. The number of hydrogen-bond acceptors (Lipinski definition) is 0. The van der Waals surface area contributed by atoms with Gasteiger partial charge >= 0.3 is 0 Å². The van der Waals surface area contributed by atoms with E-state index in [1.807, 2.05) is 0 Å². The van der Waals surface area contributed by atoms with Crippen LogP contribution in [0.15, 0.2) is 24.3 Å². The van der Waals surface area contributed by atoms with E-state index in [0.717, 1.165) is 11.8 Å². The molecular formula is C15H24. The van der Waals surface area contributed by atoms with Crippen LogP contribution in [0, 0.1) is 17.3 Å². The van der Waals surface area contributed by atoms with Crippen molar-refractivity contribution in [3.05, 3.63) is 24.3 Å². The molecule has 2 rings (SSSR count). The second-order valence-corrected chi connectivity index (χ2v) is 5.89. The third-order valence-electron chi connectivity index (χ3n) is 4.81. The summed E-state index contributed by atoms with van der Waals surface area (Å²) in [5, 5.41) is 0. The van der Waals surface area contributed by atoms with Crippen LogP contribution in [0.2, 0.25) is 0 Å². The van der Waals surface area contributed by atoms with Crippen molar-refractivity contribution < 1.29 is 0 Å². The summed E-state index contributed by atoms with van der Waals surface area (Å²) >= 11 is 0. The predicted molar refractivity (Wildman–Crippen MR) is 66.7 cm³/mol. The van der Waals surface area contributed by atoms with Crippen LogP contribution in [-0.2, 0) is 0 Å². The van der Waals surface area contributed by atoms with E-state index in [4.69, 9.17) is 0 Å². The Hall–Kier alpha value is -0.520. The van der Waals surface area contributed by atoms with Crippen LogP contribution in [0.1, 0.15) is 52.4 Å². The minimum Gasteiger partial charge on any atom is -0.0990 e. The summed E-state index contributed by atoms with van der Waals surface area (Å²) in [5.41, 5.74) is 3.33. The second kappa shape index (κ2) is 3.81. The highest BCUT2D eigenvalue weighted by Gasteiger charge is 2.44. The maximum atomic E-state index is 4.33. The van der Waals surface area contributed by atoms with Gasteiger partial charge in [0.15, 0.2) is 0 Å². The van der Waals surface area contributed by atoms with Gasteiger partial charge in [0, 0.05) is 5.41 Å². The first-order chi connectivity index (χ1) is 7.06. The molecule has 0 aromatic rings. The third-order valence-corrected chi connectivity index (χ3v) is 4.81. The molecule has 2 fully saturated rings. The summed E-state index contributed by atoms with van der Waals surface area (Å²) in [6, 6.07) is 0. The van der Waals surface area contributed by atoms with Crippen LogP contribution in [0.4, 0.5) is 0 Å². The van der Waals surface area contributed by atoms with Crippen molar-refractivity contribution in [3.8, 4) is 0 Å². The first-order valence-corrected chi connectivity index (χ1v) is 6.43. The Labute approximate surface area is 94.5 Å². The molecule has 1 unspecified atom stereocenters. The lowest BCUT2D eigenvalue weighted by molar-refractivity contribution is 0.207. The van der Waals surface area contributed by atoms with Crippen LogP contribution < -0.4 is 0 Å². The van der Waals surface area contributed by atoms with Gasteiger partial charge in [0.25, 0.3) is 0 Å². The molecule has 0 saturated heterocycles. The first-order valence-electron chi connectivity index (χ1n) is 6.43. The maximum Gasteiger partial charge on any atom is 0.0118 e. The standard InChI is InChI=1S/C15H24/c1-11(2)14-8-7-13(4)15(10-14)9-5-6-12(15)3/h11,14H,3-10H2,1-2H3/t14?,15-/m1/s1. The lowest BCUT2D eigenvalue weighted by Gasteiger charge is -2.42. The molecule has 0 radical (unpaired) electrons. The Morgan fingerprint density at radius 3 is 2.40 bits per heavy atom. The van der Waals surface area contributed by atoms with E-state index in [-0.39, 0.29) is 0 Å². The second-order valence-electron chi connectivity index (χ2n) is 5.89. The van der Waals surface area contributed by atoms with Crippen molar-refractivity contribution in [1.29, 1.82) is 0 Å². The molecule has 84 valence electrons. The molecule has 2 saturated carbocycles. The summed E-state index contributed by atoms with van der Waals surface area (Å²) in [7, 11) is 0. The smallest absolute Gasteiger partial charge is 0.0118 e. The van der Waals surface area contributed by atoms with Crippen LogP contribution >= 0.6 is 0 Å². The Morgan fingerprint density at radius 1 is 1.20 bits per heavy atom. The van der Waals surface area contributed by atoms with E-state index < -0.39 is 0 Å². The summed E-state index contributed by atoms with van der Waals surface area (Å²) < 4.78 is 0. The van der Waals surface area contributed by atoms with Crippen molar-refractivity contribution in [2.24, 2.45) is 17.3 Å². The molecule has 2 aliphatic rings. The minimum atomic E-state index is 0.354. The molecule has 0 N–H and O–H groups in total. The zero-order chi connectivity index (χ0) is 11.1. The molecule has 0 heterocycles. The van der Waals surface area contributed by atoms with E-state index in [9.17, 15) is 0 Å². The monoisotopic (exact) mass is 204 g/mol. The average Bonchev–Trinajstić information content (AvgIpc) is 2.54. The summed E-state index contributed by atoms with van der Waals surface area (Å²) in [4.78, 5) is 0. The first kappa shape index (κ1) is 11.0. The molecule has 2 atom stereocenters. The Bertz CT molecular complexity index is 284. The molecule has 0 aromatic carbocycles. The highest BCUT2D eigenvalue weighted by atomic mass is 14.5. The minimum absolute atomic E-state index is 0.354. The molecule has 0 amide bonds. The molecule has 0 bridgehead atoms. The quantitative estimate of drug-likeness (QED) is 0.542. The number of hydrogen-bond donors (Lipinski definition) is 0. The fourth-order valence-corrected chi connectivity index (χ4v) is 3.55. The van der Waals surface area contributed by atoms with E-state index in [0.29, 0.717) is 5.41 Å². The predicted octanol–water partition coefficient (Wildman–Crippen LogP) is 4.73. The van der Waals surface area contributed by atoms with Crippen LogP contribution in [0.25, 0.3) is 0 Å². The molecular weight excluding hydrogens is 180 g/mol. The van der Waals surface area contributed by atoms with Crippen molar-refractivity contribution >= 4 is 0 Å². The van der Waals surface area contributed by atoms with Crippen molar-refractivity contribution in [3.63, 3.8) is 0 Å². The van der Waals surface area contributed by atoms with E-state index in [1.54, 1.807) is 0 Å². The topological polar surface area (TPSA) is 0 Å². The largest absolute Gasteiger partial charge is 0.0990 e. The van der Waals surface area contributed by atoms with Crippen molar-refractivity contribution in [2.45, 2.75) is 52.4 Å². The summed E-state index contributed by atoms with van der Waals surface area (Å²) in [6.45, 7) is 13.4. The molecule has 0 aromatic heterocycles. The Balaban J connectivity index is 2.22. The van der Waals surface area contributed by atoms with E-state index in [2.05, 4.69) is 27.0 Å². The fraction of sp³-hybridized carbons (Fsp3) is 0.733. The third kappa shape index (κ3) is 1.68. The van der Waals surface area contributed by atoms with E-state index >= 15 is 0 Å². The zero-order valence-electron chi connectivity index (χ0n) is 10.3. The van der Waals surface area contributed by atoms with Gasteiger partial charge in [0.1, 0.15) is 0 Å². The van der Waals surface area contributed by atoms with Gasteiger partial charge in [0.05, 0.1) is 0 Å². The fourth-order valence-electron chi connectivity index (χ4n) is 3.55. The van der Waals surface area contributed by atoms with Crippen LogP contribution in [-0.4, -0.2) is 0 Å². The average molecular weight is 204 g/mol. The van der Waals surface area contributed by atoms with Crippen LogP contribution in [0.3, 0.4) is 0 Å². The van der Waals surface area contributed by atoms with Gasteiger partial charge in [0.2, 0.25) is 0 Å². The Kier molecular flexibility index (Phi) is 2.79. The molecule has 0 nitrogen and oxygen atoms in total. The number of rotatable bonds is 1. The summed E-state index contributed by atoms with van der Waals surface area (Å²) in [5.74, 6) is 1.72. The maximum absolute atomic E-state index is 4.33. The molecule has 1 spiro atoms. The van der Waals surface area contributed by atoms with Gasteiger partial charge in [-0.25, -0.2) is 0 Å². The summed E-state index contributed by atoms with van der Waals surface area (Å²) in [6.07, 6.45) is 7.83. The highest BCUT2D eigenvalue weighted by Crippen LogP contribution is 2.56. The SMILES string of the molecule is C=C1CCC[C@@]12CC(C(C)C)CCC2=C. The number of allylic oxidation sites excluding steroid dienone is 2. The van der Waals surface area contributed by atoms with Gasteiger partial charge in [-0.2, -0.15) is 0 Å². The van der Waals surface area contributed by atoms with Gasteiger partial charge in [-0.3, -0.25) is 0 Å². The van der Waals surface area contributed by atoms with Gasteiger partial charge in [-0.15, -0.1) is 0 Å².